The van der Waals surface area contributed by atoms with Gasteiger partial charge < -0.3 is 14.7 Å². The highest BCUT2D eigenvalue weighted by Crippen LogP contribution is 2.27. The van der Waals surface area contributed by atoms with Crippen molar-refractivity contribution in [3.63, 3.8) is 0 Å². The second kappa shape index (κ2) is 13.7. The molecule has 0 aromatic heterocycles. The molecule has 1 rings (SSSR count). The molecule has 0 aliphatic heterocycles. The average Bonchev–Trinajstić information content (AvgIpc) is 2.62. The lowest BCUT2D eigenvalue weighted by Gasteiger charge is -2.21. The fourth-order valence-electron chi connectivity index (χ4n) is 3.23. The van der Waals surface area contributed by atoms with E-state index in [0.29, 0.717) is 19.7 Å². The van der Waals surface area contributed by atoms with Crippen molar-refractivity contribution in [3.8, 4) is 0 Å². The van der Waals surface area contributed by atoms with E-state index in [1.54, 1.807) is 0 Å². The van der Waals surface area contributed by atoms with Crippen LogP contribution in [0, 0.1) is 5.92 Å². The number of carbonyl (C=O) groups is 1. The smallest absolute Gasteiger partial charge is 0.309 e. The first kappa shape index (κ1) is 23.6. The average molecular weight is 378 g/mol. The van der Waals surface area contributed by atoms with Crippen molar-refractivity contribution in [2.45, 2.75) is 65.7 Å². The Morgan fingerprint density at radius 1 is 1.26 bits per heavy atom. The molecule has 0 saturated heterocycles. The molecule has 0 heterocycles. The van der Waals surface area contributed by atoms with Gasteiger partial charge in [-0.25, -0.2) is 0 Å². The van der Waals surface area contributed by atoms with Crippen LogP contribution in [-0.4, -0.2) is 49.3 Å². The van der Waals surface area contributed by atoms with Crippen LogP contribution >= 0.6 is 0 Å². The summed E-state index contributed by atoms with van der Waals surface area (Å²) in [4.78, 5) is 14.1. The molecule has 4 nitrogen and oxygen atoms in total. The summed E-state index contributed by atoms with van der Waals surface area (Å²) in [7, 11) is 1.91. The molecule has 0 amide bonds. The van der Waals surface area contributed by atoms with Crippen molar-refractivity contribution in [2.24, 2.45) is 5.92 Å². The predicted octanol–water partition coefficient (Wildman–Crippen LogP) is 4.65. The quantitative estimate of drug-likeness (QED) is 0.397. The summed E-state index contributed by atoms with van der Waals surface area (Å²) in [6, 6.07) is 0. The highest BCUT2D eigenvalue weighted by atomic mass is 16.5. The third kappa shape index (κ3) is 11.1. The number of aliphatic hydroxyl groups is 1. The van der Waals surface area contributed by atoms with Crippen molar-refractivity contribution in [2.75, 3.05) is 33.4 Å². The van der Waals surface area contributed by atoms with Crippen LogP contribution < -0.4 is 0 Å². The van der Waals surface area contributed by atoms with E-state index in [-0.39, 0.29) is 18.5 Å². The van der Waals surface area contributed by atoms with Gasteiger partial charge in [0.1, 0.15) is 6.61 Å². The van der Waals surface area contributed by atoms with E-state index in [1.807, 2.05) is 11.9 Å². The standard InChI is InChI=1S/C23H39NO3/c1-19(2)7-5-8-20(3)9-6-10-21-11-13-22(14-12-21)23(26)27-18-16-24(4)15-17-25/h7,9,11,22,25H,5-6,8,10,12-18H2,1-4H3/b20-9+. The Balaban J connectivity index is 2.24. The summed E-state index contributed by atoms with van der Waals surface area (Å²) < 4.78 is 5.39. The predicted molar refractivity (Wildman–Crippen MR) is 113 cm³/mol. The van der Waals surface area contributed by atoms with Gasteiger partial charge in [-0.3, -0.25) is 4.79 Å². The first-order valence-electron chi connectivity index (χ1n) is 10.3. The van der Waals surface area contributed by atoms with Gasteiger partial charge in [0.25, 0.3) is 0 Å². The maximum absolute atomic E-state index is 12.2. The molecule has 0 aromatic rings. The second-order valence-corrected chi connectivity index (χ2v) is 7.94. The summed E-state index contributed by atoms with van der Waals surface area (Å²) in [5, 5.41) is 8.86. The number of ether oxygens (including phenoxy) is 1. The Hall–Kier alpha value is -1.39. The van der Waals surface area contributed by atoms with Gasteiger partial charge in [-0.2, -0.15) is 0 Å². The maximum atomic E-state index is 12.2. The van der Waals surface area contributed by atoms with E-state index < -0.39 is 0 Å². The molecule has 0 radical (unpaired) electrons. The summed E-state index contributed by atoms with van der Waals surface area (Å²) >= 11 is 0. The van der Waals surface area contributed by atoms with E-state index in [9.17, 15) is 4.79 Å². The third-order valence-electron chi connectivity index (χ3n) is 5.09. The van der Waals surface area contributed by atoms with E-state index in [2.05, 4.69) is 39.0 Å². The lowest BCUT2D eigenvalue weighted by atomic mass is 9.87. The van der Waals surface area contributed by atoms with Gasteiger partial charge in [0.15, 0.2) is 0 Å². The largest absolute Gasteiger partial charge is 0.464 e. The van der Waals surface area contributed by atoms with E-state index in [4.69, 9.17) is 9.84 Å². The number of rotatable bonds is 12. The molecular weight excluding hydrogens is 338 g/mol. The van der Waals surface area contributed by atoms with Crippen LogP contribution in [-0.2, 0) is 9.53 Å². The van der Waals surface area contributed by atoms with Crippen LogP contribution in [0.3, 0.4) is 0 Å². The van der Waals surface area contributed by atoms with Gasteiger partial charge >= 0.3 is 5.97 Å². The maximum Gasteiger partial charge on any atom is 0.309 e. The normalized spacial score (nSPS) is 17.6. The van der Waals surface area contributed by atoms with Gasteiger partial charge in [0, 0.05) is 13.1 Å². The zero-order valence-corrected chi connectivity index (χ0v) is 17.8. The Bertz CT molecular complexity index is 530. The van der Waals surface area contributed by atoms with Crippen LogP contribution in [0.2, 0.25) is 0 Å². The zero-order chi connectivity index (χ0) is 20.1. The monoisotopic (exact) mass is 377 g/mol. The SMILES string of the molecule is CC(C)=CCC/C(C)=C/CCC1=CCC(C(=O)OCCN(C)CCO)CC1. The van der Waals surface area contributed by atoms with E-state index in [0.717, 1.165) is 44.9 Å². The first-order valence-corrected chi connectivity index (χ1v) is 10.3. The molecular formula is C23H39NO3. The van der Waals surface area contributed by atoms with Crippen molar-refractivity contribution in [3.05, 3.63) is 34.9 Å². The molecule has 0 spiro atoms. The Labute approximate surface area is 166 Å². The van der Waals surface area contributed by atoms with Gasteiger partial charge in [0.2, 0.25) is 0 Å². The van der Waals surface area contributed by atoms with Crippen LogP contribution in [0.4, 0.5) is 0 Å². The number of esters is 1. The molecule has 154 valence electrons. The summed E-state index contributed by atoms with van der Waals surface area (Å²) in [5.41, 5.74) is 4.34. The van der Waals surface area contributed by atoms with Gasteiger partial charge in [-0.15, -0.1) is 0 Å². The molecule has 1 aliphatic carbocycles. The number of hydrogen-bond donors (Lipinski definition) is 1. The van der Waals surface area contributed by atoms with Crippen molar-refractivity contribution < 1.29 is 14.6 Å². The molecule has 0 saturated carbocycles. The number of nitrogens with zero attached hydrogens (tertiary/aromatic N) is 1. The topological polar surface area (TPSA) is 49.8 Å². The minimum absolute atomic E-state index is 0.0123. The molecule has 4 heteroatoms. The molecule has 1 atom stereocenters. The summed E-state index contributed by atoms with van der Waals surface area (Å²) in [5.74, 6) is -0.0593. The second-order valence-electron chi connectivity index (χ2n) is 7.94. The van der Waals surface area contributed by atoms with Crippen molar-refractivity contribution >= 4 is 5.97 Å². The van der Waals surface area contributed by atoms with Gasteiger partial charge in [-0.1, -0.05) is 34.9 Å². The Morgan fingerprint density at radius 2 is 2.04 bits per heavy atom. The number of hydrogen-bond acceptors (Lipinski definition) is 4. The lowest BCUT2D eigenvalue weighted by Crippen LogP contribution is -2.28. The molecule has 1 unspecified atom stereocenters. The number of allylic oxidation sites excluding steroid dienone is 6. The lowest BCUT2D eigenvalue weighted by molar-refractivity contribution is -0.149. The molecule has 0 aromatic carbocycles. The fraction of sp³-hybridized carbons (Fsp3) is 0.696. The summed E-state index contributed by atoms with van der Waals surface area (Å²) in [6.07, 6.45) is 14.1. The molecule has 27 heavy (non-hydrogen) atoms. The minimum Gasteiger partial charge on any atom is -0.464 e. The van der Waals surface area contributed by atoms with Gasteiger partial charge in [0.05, 0.1) is 12.5 Å². The fourth-order valence-corrected chi connectivity index (χ4v) is 3.23. The van der Waals surface area contributed by atoms with Crippen LogP contribution in [0.25, 0.3) is 0 Å². The van der Waals surface area contributed by atoms with Crippen LogP contribution in [0.5, 0.6) is 0 Å². The van der Waals surface area contributed by atoms with Crippen molar-refractivity contribution in [1.29, 1.82) is 0 Å². The van der Waals surface area contributed by atoms with Crippen LogP contribution in [0.15, 0.2) is 34.9 Å². The van der Waals surface area contributed by atoms with Gasteiger partial charge in [-0.05, 0) is 72.8 Å². The zero-order valence-electron chi connectivity index (χ0n) is 17.8. The Morgan fingerprint density at radius 3 is 2.67 bits per heavy atom. The number of aliphatic hydroxyl groups excluding tert-OH is 1. The Kier molecular flexibility index (Phi) is 12.0. The molecule has 1 aliphatic rings. The molecule has 1 N–H and O–H groups in total. The highest BCUT2D eigenvalue weighted by Gasteiger charge is 2.22. The van der Waals surface area contributed by atoms with Crippen molar-refractivity contribution in [1.82, 2.24) is 4.90 Å². The third-order valence-corrected chi connectivity index (χ3v) is 5.09. The number of carbonyl (C=O) groups excluding carboxylic acids is 1. The van der Waals surface area contributed by atoms with E-state index in [1.165, 1.54) is 16.7 Å². The van der Waals surface area contributed by atoms with E-state index >= 15 is 0 Å². The first-order chi connectivity index (χ1) is 12.9. The molecule has 0 fully saturated rings. The highest BCUT2D eigenvalue weighted by molar-refractivity contribution is 5.72. The van der Waals surface area contributed by atoms with Crippen LogP contribution in [0.1, 0.15) is 65.7 Å². The minimum atomic E-state index is -0.0716. The molecule has 0 bridgehead atoms. The summed E-state index contributed by atoms with van der Waals surface area (Å²) in [6.45, 7) is 8.32. The number of likely N-dealkylation sites (N-methyl/N-ethyl adjacent to an activating group) is 1.